The average molecular weight is 472 g/mol. The summed E-state index contributed by atoms with van der Waals surface area (Å²) in [5.41, 5.74) is 0. The summed E-state index contributed by atoms with van der Waals surface area (Å²) in [6, 6.07) is 0. The van der Waals surface area contributed by atoms with Crippen molar-refractivity contribution in [1.82, 2.24) is 0 Å². The minimum absolute atomic E-state index is 0. The van der Waals surface area contributed by atoms with Crippen LogP contribution in [0.1, 0.15) is 34.1 Å². The first kappa shape index (κ1) is 36.0. The van der Waals surface area contributed by atoms with Crippen LogP contribution in [-0.4, -0.2) is 17.7 Å². The number of carbonyl (C=O) groups is 2. The predicted molar refractivity (Wildman–Crippen MR) is 107 cm³/mol. The van der Waals surface area contributed by atoms with Gasteiger partial charge in [0.25, 0.3) is 5.79 Å². The van der Waals surface area contributed by atoms with Crippen molar-refractivity contribution in [2.45, 2.75) is 39.9 Å². The molecule has 0 aromatic rings. The third-order valence-electron chi connectivity index (χ3n) is 4.18. The normalized spacial score (nSPS) is 17.2. The smallest absolute Gasteiger partial charge is 0 e. The van der Waals surface area contributed by atoms with Crippen LogP contribution in [0.2, 0.25) is 0 Å². The molecule has 0 saturated carbocycles. The molecule has 170 valence electrons. The molecule has 0 aromatic carbocycles. The van der Waals surface area contributed by atoms with Gasteiger partial charge in [-0.25, -0.2) is 0 Å². The van der Waals surface area contributed by atoms with Gasteiger partial charge in [-0.3, -0.25) is 9.59 Å². The fourth-order valence-electron chi connectivity index (χ4n) is 2.63. The van der Waals surface area contributed by atoms with Crippen LogP contribution < -0.4 is 0 Å². The molecule has 1 heterocycles. The summed E-state index contributed by atoms with van der Waals surface area (Å²) in [6.45, 7) is 28.3. The third-order valence-corrected chi connectivity index (χ3v) is 4.18. The van der Waals surface area contributed by atoms with Gasteiger partial charge in [0.05, 0.1) is 0 Å². The first-order chi connectivity index (χ1) is 14.3. The van der Waals surface area contributed by atoms with Gasteiger partial charge in [-0.05, 0) is 18.3 Å². The quantitative estimate of drug-likeness (QED) is 0.101. The third kappa shape index (κ3) is 13.5. The van der Waals surface area contributed by atoms with E-state index in [2.05, 4.69) is 53.0 Å². The maximum absolute atomic E-state index is 12.1. The van der Waals surface area contributed by atoms with E-state index in [9.17, 15) is 9.59 Å². The Hall–Kier alpha value is -2.36. The van der Waals surface area contributed by atoms with Crippen molar-refractivity contribution >= 4 is 11.9 Å². The summed E-state index contributed by atoms with van der Waals surface area (Å²) in [7, 11) is 0. The molecule has 1 rings (SSSR count). The van der Waals surface area contributed by atoms with Gasteiger partial charge in [0.1, 0.15) is 0 Å². The molecule has 1 saturated heterocycles. The van der Waals surface area contributed by atoms with E-state index >= 15 is 0 Å². The second kappa shape index (κ2) is 20.9. The molecule has 31 heavy (non-hydrogen) atoms. The molecule has 0 amide bonds. The first-order valence-corrected chi connectivity index (χ1v) is 8.92. The molecule has 0 N–H and O–H groups in total. The second-order valence-corrected chi connectivity index (χ2v) is 6.47. The van der Waals surface area contributed by atoms with Crippen molar-refractivity contribution in [2.24, 2.45) is 23.7 Å². The Bertz CT molecular complexity index is 637. The molecular formula is C23H28FeO7. The number of rotatable bonds is 8. The van der Waals surface area contributed by atoms with Crippen LogP contribution in [0, 0.1) is 43.6 Å². The van der Waals surface area contributed by atoms with Gasteiger partial charge in [-0.1, -0.05) is 50.3 Å². The van der Waals surface area contributed by atoms with Crippen molar-refractivity contribution < 1.29 is 50.1 Å². The van der Waals surface area contributed by atoms with Crippen LogP contribution in [0.3, 0.4) is 0 Å². The van der Waals surface area contributed by atoms with E-state index in [-0.39, 0.29) is 17.1 Å². The molecule has 0 bridgehead atoms. The fourth-order valence-corrected chi connectivity index (χ4v) is 2.63. The first-order valence-electron chi connectivity index (χ1n) is 8.92. The van der Waals surface area contributed by atoms with E-state index in [0.29, 0.717) is 11.8 Å². The van der Waals surface area contributed by atoms with Crippen LogP contribution >= 0.6 is 0 Å². The Morgan fingerprint density at radius 1 is 0.968 bits per heavy atom. The Labute approximate surface area is 195 Å². The van der Waals surface area contributed by atoms with E-state index in [4.69, 9.17) is 23.4 Å². The van der Waals surface area contributed by atoms with E-state index in [1.54, 1.807) is 12.2 Å². The molecule has 3 atom stereocenters. The number of esters is 2. The Morgan fingerprint density at radius 3 is 1.74 bits per heavy atom. The Morgan fingerprint density at radius 2 is 1.39 bits per heavy atom. The van der Waals surface area contributed by atoms with Crippen LogP contribution in [-0.2, 0) is 50.1 Å². The number of hydrogen-bond acceptors (Lipinski definition) is 4. The summed E-state index contributed by atoms with van der Waals surface area (Å²) in [4.78, 5) is 24.2. The van der Waals surface area contributed by atoms with E-state index in [1.165, 1.54) is 13.8 Å². The van der Waals surface area contributed by atoms with Crippen LogP contribution in [0.5, 0.6) is 0 Å². The van der Waals surface area contributed by atoms with Crippen molar-refractivity contribution in [3.63, 3.8) is 0 Å². The minimum atomic E-state index is -1.21. The zero-order valence-corrected chi connectivity index (χ0v) is 19.2. The van der Waals surface area contributed by atoms with Gasteiger partial charge >= 0.3 is 45.8 Å². The topological polar surface area (TPSA) is 112 Å². The van der Waals surface area contributed by atoms with Crippen molar-refractivity contribution in [3.8, 4) is 0 Å². The molecule has 1 aliphatic heterocycles. The van der Waals surface area contributed by atoms with Crippen molar-refractivity contribution in [1.29, 1.82) is 0 Å². The van der Waals surface area contributed by atoms with Gasteiger partial charge in [0.15, 0.2) is 5.92 Å². The predicted octanol–water partition coefficient (Wildman–Crippen LogP) is 4.09. The maximum Gasteiger partial charge on any atom is 0 e. The molecule has 0 aromatic heterocycles. The molecule has 8 heteroatoms. The zero-order chi connectivity index (χ0) is 24.3. The molecule has 1 aliphatic rings. The minimum Gasteiger partial charge on any atom is 0 e. The largest absolute Gasteiger partial charge is 0 e. The molecule has 0 spiro atoms. The monoisotopic (exact) mass is 472 g/mol. The van der Waals surface area contributed by atoms with Crippen LogP contribution in [0.25, 0.3) is 0 Å². The number of carbonyl (C=O) groups excluding carboxylic acids is 2. The average Bonchev–Trinajstić information content (AvgIpc) is 2.74. The van der Waals surface area contributed by atoms with Gasteiger partial charge in [0, 0.05) is 36.8 Å². The van der Waals surface area contributed by atoms with E-state index in [1.807, 2.05) is 18.2 Å². The van der Waals surface area contributed by atoms with Gasteiger partial charge < -0.3 is 9.47 Å². The molecule has 0 radical (unpaired) electrons. The SMILES string of the molecule is C=C[C@H](/C=C/C=C/[C@H](CC)[C@H](C)C=C)C1C(=O)OC(C)(C)OC1=O.[C-]#[O+].[C-]#[O+].[C-]#[O+].[Fe]. The Kier molecular flexibility index (Phi) is 24.3. The number of allylic oxidation sites excluding steroid dienone is 6. The van der Waals surface area contributed by atoms with Gasteiger partial charge in [-0.15, -0.1) is 13.2 Å². The summed E-state index contributed by atoms with van der Waals surface area (Å²) < 4.78 is 32.8. The summed E-state index contributed by atoms with van der Waals surface area (Å²) in [6.07, 6.45) is 12.1. The summed E-state index contributed by atoms with van der Waals surface area (Å²) >= 11 is 0. The van der Waals surface area contributed by atoms with Crippen LogP contribution in [0.4, 0.5) is 0 Å². The molecule has 0 unspecified atom stereocenters. The number of cyclic esters (lactones) is 2. The van der Waals surface area contributed by atoms with Crippen LogP contribution in [0.15, 0.2) is 49.6 Å². The molecular weight excluding hydrogens is 444 g/mol. The molecule has 7 nitrogen and oxygen atoms in total. The van der Waals surface area contributed by atoms with Gasteiger partial charge in [-0.2, -0.15) is 0 Å². The number of hydrogen-bond donors (Lipinski definition) is 0. The van der Waals surface area contributed by atoms with E-state index in [0.717, 1.165) is 6.42 Å². The zero-order valence-electron chi connectivity index (χ0n) is 18.1. The maximum atomic E-state index is 12.1. The van der Waals surface area contributed by atoms with E-state index < -0.39 is 29.6 Å². The summed E-state index contributed by atoms with van der Waals surface area (Å²) in [5.74, 6) is -3.06. The molecule has 0 aliphatic carbocycles. The van der Waals surface area contributed by atoms with Crippen molar-refractivity contribution in [2.75, 3.05) is 0 Å². The van der Waals surface area contributed by atoms with Crippen molar-refractivity contribution in [3.05, 3.63) is 69.6 Å². The van der Waals surface area contributed by atoms with Gasteiger partial charge in [0.2, 0.25) is 0 Å². The fraction of sp³-hybridized carbons (Fsp3) is 0.435. The Balaban J connectivity index is -0.000000477. The standard InChI is InChI=1S/C20H28O4.3CO.Fe/c1-7-14(4)15(8-2)12-10-11-13-16(9-3)17-18(21)23-20(5,6)24-19(17)22;3*1-2;/h7,9-17H,1,3,8H2,2,4-6H3;;;;/b12-10+,13-11+;;;;/t14-,15+,16-;;;;/m1..../s1. The summed E-state index contributed by atoms with van der Waals surface area (Å²) in [5, 5.41) is 0. The molecule has 1 fully saturated rings. The number of ether oxygens (including phenoxy) is 2. The second-order valence-electron chi connectivity index (χ2n) is 6.47.